The number of rotatable bonds is 3. The second-order valence-corrected chi connectivity index (χ2v) is 5.25. The molecule has 0 aliphatic heterocycles. The van der Waals surface area contributed by atoms with Gasteiger partial charge < -0.3 is 9.64 Å². The first-order valence-electron chi connectivity index (χ1n) is 5.71. The first-order valence-corrected chi connectivity index (χ1v) is 5.71. The van der Waals surface area contributed by atoms with Crippen LogP contribution in [0, 0.1) is 0 Å². The Morgan fingerprint density at radius 1 is 1.44 bits per heavy atom. The molecule has 0 bridgehead atoms. The normalized spacial score (nSPS) is 11.4. The van der Waals surface area contributed by atoms with E-state index in [1.165, 1.54) is 6.33 Å². The number of anilines is 1. The number of carbonyl (C=O) groups excluding carboxylic acids is 1. The Bertz CT molecular complexity index is 413. The maximum atomic E-state index is 11.7. The van der Waals surface area contributed by atoms with E-state index < -0.39 is 11.7 Å². The van der Waals surface area contributed by atoms with Crippen molar-refractivity contribution >= 4 is 11.8 Å². The van der Waals surface area contributed by atoms with Crippen molar-refractivity contribution < 1.29 is 9.53 Å². The summed E-state index contributed by atoms with van der Waals surface area (Å²) in [5.41, 5.74) is 0.794. The Hall–Kier alpha value is -1.69. The Kier molecular flexibility index (Phi) is 4.61. The van der Waals surface area contributed by atoms with Crippen LogP contribution in [0.2, 0.25) is 0 Å². The van der Waals surface area contributed by atoms with Crippen LogP contribution in [-0.2, 0) is 11.3 Å². The molecule has 0 saturated carbocycles. The van der Waals surface area contributed by atoms with Crippen molar-refractivity contribution in [2.24, 2.45) is 0 Å². The number of ether oxygens (including phenoxy) is 1. The van der Waals surface area contributed by atoms with Crippen LogP contribution in [0.4, 0.5) is 10.5 Å². The highest BCUT2D eigenvalue weighted by Gasteiger charge is 2.17. The minimum absolute atomic E-state index is 0.502. The van der Waals surface area contributed by atoms with Gasteiger partial charge in [0, 0.05) is 6.54 Å². The van der Waals surface area contributed by atoms with Gasteiger partial charge in [-0.3, -0.25) is 5.32 Å². The van der Waals surface area contributed by atoms with Crippen LogP contribution in [-0.4, -0.2) is 40.7 Å². The predicted molar refractivity (Wildman–Crippen MR) is 69.3 cm³/mol. The average Bonchev–Trinajstić information content (AvgIpc) is 2.17. The second kappa shape index (κ2) is 5.77. The molecular formula is C12H20N4O2. The van der Waals surface area contributed by atoms with E-state index in [0.717, 1.165) is 5.69 Å². The summed E-state index contributed by atoms with van der Waals surface area (Å²) in [4.78, 5) is 21.7. The molecule has 0 aromatic carbocycles. The highest BCUT2D eigenvalue weighted by atomic mass is 16.6. The zero-order valence-electron chi connectivity index (χ0n) is 11.5. The fraction of sp³-hybridized carbons (Fsp3) is 0.583. The number of amides is 1. The highest BCUT2D eigenvalue weighted by Crippen LogP contribution is 2.14. The third-order valence-corrected chi connectivity index (χ3v) is 1.90. The zero-order valence-corrected chi connectivity index (χ0v) is 11.5. The Labute approximate surface area is 107 Å². The zero-order chi connectivity index (χ0) is 13.8. The van der Waals surface area contributed by atoms with Crippen molar-refractivity contribution in [1.29, 1.82) is 0 Å². The van der Waals surface area contributed by atoms with Gasteiger partial charge in [0.2, 0.25) is 0 Å². The van der Waals surface area contributed by atoms with Crippen molar-refractivity contribution in [3.63, 3.8) is 0 Å². The molecule has 0 saturated heterocycles. The van der Waals surface area contributed by atoms with Gasteiger partial charge in [-0.05, 0) is 34.9 Å². The third-order valence-electron chi connectivity index (χ3n) is 1.90. The van der Waals surface area contributed by atoms with E-state index >= 15 is 0 Å². The molecule has 1 aromatic heterocycles. The standard InChI is InChI=1S/C12H20N4O2/c1-12(2,3)18-11(17)15-9-6-13-8-14-10(9)7-16(4)5/h6,8H,7H2,1-5H3,(H,15,17). The monoisotopic (exact) mass is 252 g/mol. The average molecular weight is 252 g/mol. The van der Waals surface area contributed by atoms with Crippen LogP contribution in [0.15, 0.2) is 12.5 Å². The molecule has 18 heavy (non-hydrogen) atoms. The topological polar surface area (TPSA) is 67.4 Å². The van der Waals surface area contributed by atoms with Crippen LogP contribution in [0.25, 0.3) is 0 Å². The summed E-state index contributed by atoms with van der Waals surface area (Å²) in [6.45, 7) is 6.06. The van der Waals surface area contributed by atoms with Gasteiger partial charge in [0.25, 0.3) is 0 Å². The van der Waals surface area contributed by atoms with Crippen LogP contribution < -0.4 is 5.32 Å². The lowest BCUT2D eigenvalue weighted by Gasteiger charge is -2.20. The summed E-state index contributed by atoms with van der Waals surface area (Å²) in [6, 6.07) is 0. The quantitative estimate of drug-likeness (QED) is 0.889. The molecule has 0 aliphatic rings. The van der Waals surface area contributed by atoms with Crippen LogP contribution in [0.1, 0.15) is 26.5 Å². The molecule has 1 rings (SSSR count). The van der Waals surface area contributed by atoms with E-state index in [1.807, 2.05) is 39.8 Å². The molecule has 1 amide bonds. The lowest BCUT2D eigenvalue weighted by atomic mass is 10.2. The maximum absolute atomic E-state index is 11.7. The van der Waals surface area contributed by atoms with Crippen LogP contribution in [0.3, 0.4) is 0 Å². The van der Waals surface area contributed by atoms with Gasteiger partial charge in [-0.25, -0.2) is 14.8 Å². The largest absolute Gasteiger partial charge is 0.444 e. The number of nitrogens with one attached hydrogen (secondary N) is 1. The molecular weight excluding hydrogens is 232 g/mol. The van der Waals surface area contributed by atoms with Gasteiger partial charge in [0.05, 0.1) is 17.6 Å². The molecule has 1 aromatic rings. The molecule has 0 unspecified atom stereocenters. The SMILES string of the molecule is CN(C)Cc1ncncc1NC(=O)OC(C)(C)C. The predicted octanol–water partition coefficient (Wildman–Crippen LogP) is 1.89. The van der Waals surface area contributed by atoms with Crippen LogP contribution in [0.5, 0.6) is 0 Å². The molecule has 100 valence electrons. The molecule has 0 spiro atoms. The first kappa shape index (κ1) is 14.4. The number of aromatic nitrogens is 2. The molecule has 0 aliphatic carbocycles. The summed E-state index contributed by atoms with van der Waals surface area (Å²) in [5, 5.41) is 2.66. The lowest BCUT2D eigenvalue weighted by Crippen LogP contribution is -2.28. The van der Waals surface area contributed by atoms with Crippen molar-refractivity contribution in [3.8, 4) is 0 Å². The van der Waals surface area contributed by atoms with Crippen LogP contribution >= 0.6 is 0 Å². The summed E-state index contributed by atoms with van der Waals surface area (Å²) in [6.07, 6.45) is 2.52. The summed E-state index contributed by atoms with van der Waals surface area (Å²) >= 11 is 0. The lowest BCUT2D eigenvalue weighted by molar-refractivity contribution is 0.0635. The van der Waals surface area contributed by atoms with Gasteiger partial charge in [0.15, 0.2) is 0 Å². The van der Waals surface area contributed by atoms with Gasteiger partial charge in [0.1, 0.15) is 11.9 Å². The summed E-state index contributed by atoms with van der Waals surface area (Å²) in [7, 11) is 3.86. The molecule has 0 atom stereocenters. The van der Waals surface area contributed by atoms with E-state index in [0.29, 0.717) is 12.2 Å². The molecule has 6 nitrogen and oxygen atoms in total. The molecule has 0 fully saturated rings. The number of hydrogen-bond donors (Lipinski definition) is 1. The van der Waals surface area contributed by atoms with E-state index in [9.17, 15) is 4.79 Å². The Balaban J connectivity index is 2.75. The third kappa shape index (κ3) is 5.09. The minimum atomic E-state index is -0.526. The van der Waals surface area contributed by atoms with Crippen molar-refractivity contribution in [3.05, 3.63) is 18.2 Å². The number of carbonyl (C=O) groups is 1. The van der Waals surface area contributed by atoms with Gasteiger partial charge in [-0.1, -0.05) is 0 Å². The Morgan fingerprint density at radius 2 is 2.11 bits per heavy atom. The summed E-state index contributed by atoms with van der Waals surface area (Å²) < 4.78 is 5.18. The van der Waals surface area contributed by atoms with Gasteiger partial charge in [-0.2, -0.15) is 0 Å². The van der Waals surface area contributed by atoms with E-state index in [1.54, 1.807) is 6.20 Å². The fourth-order valence-electron chi connectivity index (χ4n) is 1.30. The van der Waals surface area contributed by atoms with Gasteiger partial charge >= 0.3 is 6.09 Å². The van der Waals surface area contributed by atoms with E-state index in [-0.39, 0.29) is 0 Å². The van der Waals surface area contributed by atoms with E-state index in [2.05, 4.69) is 15.3 Å². The van der Waals surface area contributed by atoms with Crippen molar-refractivity contribution in [2.45, 2.75) is 32.9 Å². The fourth-order valence-corrected chi connectivity index (χ4v) is 1.30. The number of nitrogens with zero attached hydrogens (tertiary/aromatic N) is 3. The maximum Gasteiger partial charge on any atom is 0.412 e. The number of hydrogen-bond acceptors (Lipinski definition) is 5. The van der Waals surface area contributed by atoms with Gasteiger partial charge in [-0.15, -0.1) is 0 Å². The highest BCUT2D eigenvalue weighted by molar-refractivity contribution is 5.85. The summed E-state index contributed by atoms with van der Waals surface area (Å²) in [5.74, 6) is 0. The molecule has 1 heterocycles. The Morgan fingerprint density at radius 3 is 2.67 bits per heavy atom. The van der Waals surface area contributed by atoms with Crippen molar-refractivity contribution in [2.75, 3.05) is 19.4 Å². The second-order valence-electron chi connectivity index (χ2n) is 5.25. The molecule has 1 N–H and O–H groups in total. The van der Waals surface area contributed by atoms with Crippen molar-refractivity contribution in [1.82, 2.24) is 14.9 Å². The molecule has 0 radical (unpaired) electrons. The first-order chi connectivity index (χ1) is 8.28. The smallest absolute Gasteiger partial charge is 0.412 e. The molecule has 6 heteroatoms. The van der Waals surface area contributed by atoms with E-state index in [4.69, 9.17) is 4.74 Å². The minimum Gasteiger partial charge on any atom is -0.444 e.